The minimum Gasteiger partial charge on any atom is -0.497 e. The van der Waals surface area contributed by atoms with Gasteiger partial charge in [0.25, 0.3) is 0 Å². The van der Waals surface area contributed by atoms with Crippen LogP contribution in [0, 0.1) is 10.1 Å². The number of benzene rings is 1. The first-order valence-electron chi connectivity index (χ1n) is 5.20. The van der Waals surface area contributed by atoms with Crippen LogP contribution < -0.4 is 10.5 Å². The van der Waals surface area contributed by atoms with Crippen LogP contribution in [0.1, 0.15) is 5.56 Å². The molecule has 94 valence electrons. The fraction of sp³-hybridized carbons (Fsp3) is 0.182. The second-order valence-electron chi connectivity index (χ2n) is 3.68. The van der Waals surface area contributed by atoms with Crippen molar-refractivity contribution in [2.45, 2.75) is 6.54 Å². The van der Waals surface area contributed by atoms with Gasteiger partial charge < -0.3 is 10.5 Å². The van der Waals surface area contributed by atoms with Crippen molar-refractivity contribution in [3.05, 3.63) is 46.1 Å². The number of methoxy groups -OCH3 is 1. The molecule has 0 amide bonds. The standard InChI is InChI=1S/C11H12N4O3/c1-18-9-4-2-8(3-5-9)7-14-11(12)10(6-13-14)15(16)17/h2-6H,7,12H2,1H3. The predicted molar refractivity (Wildman–Crippen MR) is 65.4 cm³/mol. The predicted octanol–water partition coefficient (Wildman–Crippen LogP) is 1.43. The lowest BCUT2D eigenvalue weighted by atomic mass is 10.2. The first-order valence-corrected chi connectivity index (χ1v) is 5.20. The molecule has 7 heteroatoms. The van der Waals surface area contributed by atoms with Crippen LogP contribution >= 0.6 is 0 Å². The highest BCUT2D eigenvalue weighted by molar-refractivity contribution is 5.51. The Morgan fingerprint density at radius 3 is 2.61 bits per heavy atom. The van der Waals surface area contributed by atoms with Gasteiger partial charge in [-0.1, -0.05) is 12.1 Å². The molecule has 0 atom stereocenters. The summed E-state index contributed by atoms with van der Waals surface area (Å²) in [6.07, 6.45) is 1.15. The normalized spacial score (nSPS) is 10.3. The number of rotatable bonds is 4. The Morgan fingerprint density at radius 1 is 1.44 bits per heavy atom. The van der Waals surface area contributed by atoms with Crippen molar-refractivity contribution in [3.63, 3.8) is 0 Å². The van der Waals surface area contributed by atoms with Crippen molar-refractivity contribution in [1.82, 2.24) is 9.78 Å². The quantitative estimate of drug-likeness (QED) is 0.652. The molecule has 2 aromatic rings. The molecule has 7 nitrogen and oxygen atoms in total. The van der Waals surface area contributed by atoms with Gasteiger partial charge in [0.2, 0.25) is 5.82 Å². The fourth-order valence-electron chi connectivity index (χ4n) is 1.56. The van der Waals surface area contributed by atoms with Gasteiger partial charge in [-0.05, 0) is 17.7 Å². The van der Waals surface area contributed by atoms with E-state index in [0.29, 0.717) is 6.54 Å². The highest BCUT2D eigenvalue weighted by Crippen LogP contribution is 2.21. The summed E-state index contributed by atoms with van der Waals surface area (Å²) in [5.41, 5.74) is 6.40. The average Bonchev–Trinajstić information content (AvgIpc) is 2.72. The number of hydrogen-bond acceptors (Lipinski definition) is 5. The first-order chi connectivity index (χ1) is 8.61. The molecule has 0 radical (unpaired) electrons. The number of anilines is 1. The molecule has 0 fully saturated rings. The molecule has 0 saturated carbocycles. The molecule has 0 saturated heterocycles. The van der Waals surface area contributed by atoms with Crippen molar-refractivity contribution in [2.75, 3.05) is 12.8 Å². The SMILES string of the molecule is COc1ccc(Cn2ncc([N+](=O)[O-])c2N)cc1. The maximum Gasteiger partial charge on any atom is 0.330 e. The van der Waals surface area contributed by atoms with Crippen LogP contribution in [-0.4, -0.2) is 21.8 Å². The molecule has 0 bridgehead atoms. The van der Waals surface area contributed by atoms with E-state index in [0.717, 1.165) is 17.5 Å². The smallest absolute Gasteiger partial charge is 0.330 e. The zero-order valence-corrected chi connectivity index (χ0v) is 9.74. The summed E-state index contributed by atoms with van der Waals surface area (Å²) >= 11 is 0. The molecule has 0 aliphatic rings. The second-order valence-corrected chi connectivity index (χ2v) is 3.68. The van der Waals surface area contributed by atoms with E-state index in [1.54, 1.807) is 7.11 Å². The molecular weight excluding hydrogens is 236 g/mol. The number of aromatic nitrogens is 2. The Kier molecular flexibility index (Phi) is 3.13. The Labute approximate surface area is 103 Å². The van der Waals surface area contributed by atoms with E-state index >= 15 is 0 Å². The van der Waals surface area contributed by atoms with Gasteiger partial charge in [0.15, 0.2) is 0 Å². The monoisotopic (exact) mass is 248 g/mol. The van der Waals surface area contributed by atoms with Gasteiger partial charge in [0, 0.05) is 0 Å². The van der Waals surface area contributed by atoms with Crippen LogP contribution in [-0.2, 0) is 6.54 Å². The minimum atomic E-state index is -0.549. The lowest BCUT2D eigenvalue weighted by Gasteiger charge is -2.05. The summed E-state index contributed by atoms with van der Waals surface area (Å²) in [5.74, 6) is 0.800. The summed E-state index contributed by atoms with van der Waals surface area (Å²) in [6, 6.07) is 7.32. The van der Waals surface area contributed by atoms with Crippen LogP contribution in [0.25, 0.3) is 0 Å². The van der Waals surface area contributed by atoms with Crippen molar-refractivity contribution in [2.24, 2.45) is 0 Å². The van der Waals surface area contributed by atoms with E-state index in [1.165, 1.54) is 4.68 Å². The summed E-state index contributed by atoms with van der Waals surface area (Å²) in [4.78, 5) is 10.1. The summed E-state index contributed by atoms with van der Waals surface area (Å²) in [6.45, 7) is 0.379. The number of nitrogen functional groups attached to an aromatic ring is 1. The van der Waals surface area contributed by atoms with E-state index in [4.69, 9.17) is 10.5 Å². The maximum absolute atomic E-state index is 10.6. The van der Waals surface area contributed by atoms with Crippen LogP contribution in [0.3, 0.4) is 0 Å². The van der Waals surface area contributed by atoms with E-state index in [9.17, 15) is 10.1 Å². The number of nitro groups is 1. The highest BCUT2D eigenvalue weighted by atomic mass is 16.6. The summed E-state index contributed by atoms with van der Waals surface area (Å²) in [7, 11) is 1.59. The van der Waals surface area contributed by atoms with Crippen LogP contribution in [0.15, 0.2) is 30.5 Å². The molecule has 0 aliphatic carbocycles. The Bertz CT molecular complexity index is 562. The third kappa shape index (κ3) is 2.24. The van der Waals surface area contributed by atoms with Crippen LogP contribution in [0.2, 0.25) is 0 Å². The van der Waals surface area contributed by atoms with E-state index < -0.39 is 4.92 Å². The molecule has 1 aromatic heterocycles. The van der Waals surface area contributed by atoms with Crippen molar-refractivity contribution in [1.29, 1.82) is 0 Å². The van der Waals surface area contributed by atoms with Gasteiger partial charge in [-0.25, -0.2) is 4.68 Å². The molecule has 0 aliphatic heterocycles. The van der Waals surface area contributed by atoms with Crippen molar-refractivity contribution < 1.29 is 9.66 Å². The second kappa shape index (κ2) is 4.74. The fourth-order valence-corrected chi connectivity index (χ4v) is 1.56. The average molecular weight is 248 g/mol. The van der Waals surface area contributed by atoms with Gasteiger partial charge in [-0.2, -0.15) is 5.10 Å². The molecule has 18 heavy (non-hydrogen) atoms. The number of nitrogens with zero attached hydrogens (tertiary/aromatic N) is 3. The molecule has 1 aromatic carbocycles. The Morgan fingerprint density at radius 2 is 2.11 bits per heavy atom. The largest absolute Gasteiger partial charge is 0.497 e. The van der Waals surface area contributed by atoms with E-state index in [2.05, 4.69) is 5.10 Å². The summed E-state index contributed by atoms with van der Waals surface area (Å²) < 4.78 is 6.43. The van der Waals surface area contributed by atoms with E-state index in [-0.39, 0.29) is 11.5 Å². The number of nitrogens with two attached hydrogens (primary N) is 1. The van der Waals surface area contributed by atoms with Gasteiger partial charge in [-0.15, -0.1) is 0 Å². The molecule has 1 heterocycles. The van der Waals surface area contributed by atoms with E-state index in [1.807, 2.05) is 24.3 Å². The van der Waals surface area contributed by atoms with Gasteiger partial charge >= 0.3 is 5.69 Å². The van der Waals surface area contributed by atoms with Crippen LogP contribution in [0.4, 0.5) is 11.5 Å². The minimum absolute atomic E-state index is 0.0517. The van der Waals surface area contributed by atoms with Gasteiger partial charge in [0.05, 0.1) is 18.6 Å². The number of hydrogen-bond donors (Lipinski definition) is 1. The molecule has 0 unspecified atom stereocenters. The third-order valence-corrected chi connectivity index (χ3v) is 2.55. The lowest BCUT2D eigenvalue weighted by molar-refractivity contribution is -0.384. The maximum atomic E-state index is 10.6. The first kappa shape index (κ1) is 11.9. The topological polar surface area (TPSA) is 96.2 Å². The highest BCUT2D eigenvalue weighted by Gasteiger charge is 2.17. The lowest BCUT2D eigenvalue weighted by Crippen LogP contribution is -2.06. The van der Waals surface area contributed by atoms with Gasteiger partial charge in [0.1, 0.15) is 11.9 Å². The third-order valence-electron chi connectivity index (χ3n) is 2.55. The summed E-state index contributed by atoms with van der Waals surface area (Å²) in [5, 5.41) is 14.5. The van der Waals surface area contributed by atoms with Gasteiger partial charge in [-0.3, -0.25) is 10.1 Å². The zero-order chi connectivity index (χ0) is 13.1. The molecule has 0 spiro atoms. The molecule has 2 rings (SSSR count). The molecular formula is C11H12N4O3. The van der Waals surface area contributed by atoms with Crippen molar-refractivity contribution in [3.8, 4) is 5.75 Å². The van der Waals surface area contributed by atoms with Crippen molar-refractivity contribution >= 4 is 11.5 Å². The number of ether oxygens (including phenoxy) is 1. The Hall–Kier alpha value is -2.57. The molecule has 2 N–H and O–H groups in total. The van der Waals surface area contributed by atoms with Crippen LogP contribution in [0.5, 0.6) is 5.75 Å². The zero-order valence-electron chi connectivity index (χ0n) is 9.74. The Balaban J connectivity index is 2.20.